The summed E-state index contributed by atoms with van der Waals surface area (Å²) in [5.74, 6) is 2.65. The summed E-state index contributed by atoms with van der Waals surface area (Å²) in [5.41, 5.74) is 2.14. The Labute approximate surface area is 164 Å². The number of aryl methyl sites for hydroxylation is 1. The summed E-state index contributed by atoms with van der Waals surface area (Å²) in [5, 5.41) is 10.4. The van der Waals surface area contributed by atoms with Crippen LogP contribution in [-0.4, -0.2) is 47.5 Å². The van der Waals surface area contributed by atoms with Crippen LogP contribution in [0.3, 0.4) is 0 Å². The molecule has 3 aromatic heterocycles. The van der Waals surface area contributed by atoms with E-state index in [4.69, 9.17) is 10.1 Å². The minimum atomic E-state index is 0.753. The number of hydrogen-bond acceptors (Lipinski definition) is 4. The van der Waals surface area contributed by atoms with Gasteiger partial charge in [-0.05, 0) is 32.0 Å². The van der Waals surface area contributed by atoms with Crippen LogP contribution in [0.15, 0.2) is 42.7 Å². The first-order chi connectivity index (χ1) is 13.8. The molecule has 1 aliphatic rings. The van der Waals surface area contributed by atoms with E-state index in [0.29, 0.717) is 0 Å². The van der Waals surface area contributed by atoms with Gasteiger partial charge < -0.3 is 4.98 Å². The van der Waals surface area contributed by atoms with Gasteiger partial charge in [0.1, 0.15) is 5.82 Å². The largest absolute Gasteiger partial charge is 0.360 e. The third-order valence-electron chi connectivity index (χ3n) is 5.58. The minimum Gasteiger partial charge on any atom is -0.360 e. The topological polar surface area (TPSA) is 67.6 Å². The number of H-pyrrole nitrogens is 1. The predicted molar refractivity (Wildman–Crippen MR) is 109 cm³/mol. The van der Waals surface area contributed by atoms with E-state index in [-0.39, 0.29) is 0 Å². The van der Waals surface area contributed by atoms with Gasteiger partial charge in [-0.1, -0.05) is 31.0 Å². The SMILES string of the molecule is Cn1nccc1-n1nc(-c2c[nH]c3ccccc23)nc1CN1CCCCCC1. The Balaban J connectivity index is 1.57. The zero-order valence-electron chi connectivity index (χ0n) is 16.2. The van der Waals surface area contributed by atoms with Crippen molar-refractivity contribution in [3.63, 3.8) is 0 Å². The van der Waals surface area contributed by atoms with E-state index in [1.54, 1.807) is 6.20 Å². The van der Waals surface area contributed by atoms with Gasteiger partial charge in [-0.2, -0.15) is 9.78 Å². The van der Waals surface area contributed by atoms with E-state index in [9.17, 15) is 0 Å². The molecule has 1 aliphatic heterocycles. The number of para-hydroxylation sites is 1. The molecule has 0 atom stereocenters. The molecule has 5 rings (SSSR count). The summed E-state index contributed by atoms with van der Waals surface area (Å²) >= 11 is 0. The second kappa shape index (κ2) is 7.24. The third kappa shape index (κ3) is 3.11. The van der Waals surface area contributed by atoms with E-state index in [0.717, 1.165) is 53.6 Å². The maximum absolute atomic E-state index is 4.97. The molecule has 1 aromatic carbocycles. The summed E-state index contributed by atoms with van der Waals surface area (Å²) in [4.78, 5) is 10.8. The number of likely N-dealkylation sites (tertiary alicyclic amines) is 1. The Morgan fingerprint density at radius 3 is 2.64 bits per heavy atom. The van der Waals surface area contributed by atoms with Crippen molar-refractivity contribution >= 4 is 10.9 Å². The van der Waals surface area contributed by atoms with Crippen molar-refractivity contribution in [1.29, 1.82) is 0 Å². The molecule has 0 unspecified atom stereocenters. The zero-order valence-corrected chi connectivity index (χ0v) is 16.2. The number of aromatic nitrogens is 6. The number of nitrogens with one attached hydrogen (secondary N) is 1. The van der Waals surface area contributed by atoms with E-state index < -0.39 is 0 Å². The molecule has 0 radical (unpaired) electrons. The smallest absolute Gasteiger partial charge is 0.184 e. The van der Waals surface area contributed by atoms with Gasteiger partial charge in [-0.15, -0.1) is 5.10 Å². The number of aromatic amines is 1. The molecule has 0 spiro atoms. The highest BCUT2D eigenvalue weighted by Crippen LogP contribution is 2.27. The van der Waals surface area contributed by atoms with Crippen LogP contribution in [0.25, 0.3) is 28.1 Å². The molecular weight excluding hydrogens is 350 g/mol. The molecule has 0 aliphatic carbocycles. The van der Waals surface area contributed by atoms with Crippen LogP contribution in [0.1, 0.15) is 31.5 Å². The lowest BCUT2D eigenvalue weighted by Gasteiger charge is -2.19. The van der Waals surface area contributed by atoms with E-state index in [2.05, 4.69) is 33.2 Å². The first-order valence-electron chi connectivity index (χ1n) is 10.0. The maximum Gasteiger partial charge on any atom is 0.184 e. The number of nitrogens with zero attached hydrogens (tertiary/aromatic N) is 6. The van der Waals surface area contributed by atoms with Crippen molar-refractivity contribution in [2.75, 3.05) is 13.1 Å². The normalized spacial score (nSPS) is 15.9. The lowest BCUT2D eigenvalue weighted by molar-refractivity contribution is 0.267. The van der Waals surface area contributed by atoms with Crippen molar-refractivity contribution in [3.8, 4) is 17.2 Å². The van der Waals surface area contributed by atoms with Gasteiger partial charge in [0.2, 0.25) is 0 Å². The Morgan fingerprint density at radius 2 is 1.86 bits per heavy atom. The molecule has 0 saturated carbocycles. The van der Waals surface area contributed by atoms with Gasteiger partial charge >= 0.3 is 0 Å². The highest BCUT2D eigenvalue weighted by atomic mass is 15.4. The second-order valence-corrected chi connectivity index (χ2v) is 7.51. The molecule has 1 N–H and O–H groups in total. The lowest BCUT2D eigenvalue weighted by atomic mass is 10.2. The second-order valence-electron chi connectivity index (χ2n) is 7.51. The van der Waals surface area contributed by atoms with Crippen LogP contribution in [0, 0.1) is 0 Å². The van der Waals surface area contributed by atoms with Crippen molar-refractivity contribution in [3.05, 3.63) is 48.5 Å². The quantitative estimate of drug-likeness (QED) is 0.593. The Bertz CT molecular complexity index is 1080. The van der Waals surface area contributed by atoms with Crippen LogP contribution < -0.4 is 0 Å². The summed E-state index contributed by atoms with van der Waals surface area (Å²) in [7, 11) is 1.94. The Hall–Kier alpha value is -2.93. The fourth-order valence-electron chi connectivity index (χ4n) is 4.07. The summed E-state index contributed by atoms with van der Waals surface area (Å²) in [6, 6.07) is 10.3. The Morgan fingerprint density at radius 1 is 1.04 bits per heavy atom. The molecule has 0 amide bonds. The first-order valence-corrected chi connectivity index (χ1v) is 10.0. The fourth-order valence-corrected chi connectivity index (χ4v) is 4.07. The Kier molecular flexibility index (Phi) is 4.44. The fraction of sp³-hybridized carbons (Fsp3) is 0.381. The maximum atomic E-state index is 4.97. The molecule has 1 saturated heterocycles. The molecule has 0 bridgehead atoms. The number of hydrogen-bond donors (Lipinski definition) is 1. The molecule has 1 fully saturated rings. The van der Waals surface area contributed by atoms with Gasteiger partial charge in [-0.25, -0.2) is 4.98 Å². The standard InChI is InChI=1S/C21H25N7/c1-26-20(10-11-23-26)28-19(15-27-12-6-2-3-7-13-27)24-21(25-28)17-14-22-18-9-5-4-8-16(17)18/h4-5,8-11,14,22H,2-3,6-7,12-13,15H2,1H3. The minimum absolute atomic E-state index is 0.753. The molecular formula is C21H25N7. The van der Waals surface area contributed by atoms with Crippen molar-refractivity contribution in [2.24, 2.45) is 7.05 Å². The van der Waals surface area contributed by atoms with Crippen LogP contribution in [-0.2, 0) is 13.6 Å². The summed E-state index contributed by atoms with van der Waals surface area (Å²) < 4.78 is 3.80. The highest BCUT2D eigenvalue weighted by Gasteiger charge is 2.20. The van der Waals surface area contributed by atoms with Crippen LogP contribution in [0.4, 0.5) is 0 Å². The van der Waals surface area contributed by atoms with E-state index in [1.807, 2.05) is 34.7 Å². The third-order valence-corrected chi connectivity index (χ3v) is 5.58. The van der Waals surface area contributed by atoms with Crippen LogP contribution in [0.2, 0.25) is 0 Å². The summed E-state index contributed by atoms with van der Waals surface area (Å²) in [6.45, 7) is 3.06. The van der Waals surface area contributed by atoms with Gasteiger partial charge in [0, 0.05) is 35.8 Å². The average Bonchev–Trinajstić information content (AvgIpc) is 3.36. The van der Waals surface area contributed by atoms with Crippen LogP contribution in [0.5, 0.6) is 0 Å². The van der Waals surface area contributed by atoms with Gasteiger partial charge in [0.15, 0.2) is 11.6 Å². The monoisotopic (exact) mass is 375 g/mol. The molecule has 7 nitrogen and oxygen atoms in total. The molecule has 28 heavy (non-hydrogen) atoms. The molecule has 144 valence electrons. The van der Waals surface area contributed by atoms with E-state index in [1.165, 1.54) is 25.7 Å². The van der Waals surface area contributed by atoms with Crippen molar-refractivity contribution in [2.45, 2.75) is 32.2 Å². The molecule has 4 heterocycles. The average molecular weight is 375 g/mol. The van der Waals surface area contributed by atoms with Crippen LogP contribution >= 0.6 is 0 Å². The number of benzene rings is 1. The number of rotatable bonds is 4. The zero-order chi connectivity index (χ0) is 18.9. The van der Waals surface area contributed by atoms with Gasteiger partial charge in [0.25, 0.3) is 0 Å². The van der Waals surface area contributed by atoms with Gasteiger partial charge in [0.05, 0.1) is 12.7 Å². The first kappa shape index (κ1) is 17.2. The number of fused-ring (bicyclic) bond motifs is 1. The molecule has 7 heteroatoms. The van der Waals surface area contributed by atoms with Crippen molar-refractivity contribution < 1.29 is 0 Å². The predicted octanol–water partition coefficient (Wildman–Crippen LogP) is 3.53. The van der Waals surface area contributed by atoms with E-state index >= 15 is 0 Å². The summed E-state index contributed by atoms with van der Waals surface area (Å²) in [6.07, 6.45) is 8.97. The molecule has 4 aromatic rings. The lowest BCUT2D eigenvalue weighted by Crippen LogP contribution is -2.26. The van der Waals surface area contributed by atoms with Crippen molar-refractivity contribution in [1.82, 2.24) is 34.4 Å². The highest BCUT2D eigenvalue weighted by molar-refractivity contribution is 5.93. The van der Waals surface area contributed by atoms with Gasteiger partial charge in [-0.3, -0.25) is 9.58 Å².